The van der Waals surface area contributed by atoms with Crippen molar-refractivity contribution in [3.63, 3.8) is 0 Å². The van der Waals surface area contributed by atoms with E-state index in [-0.39, 0.29) is 16.3 Å². The highest BCUT2D eigenvalue weighted by Crippen LogP contribution is 2.34. The van der Waals surface area contributed by atoms with Crippen LogP contribution in [0.4, 0.5) is 13.2 Å². The van der Waals surface area contributed by atoms with Gasteiger partial charge in [-0.2, -0.15) is 5.26 Å². The standard InChI is InChI=1S/C14H7ClF3NO/c15-12-6-2-4-10(8-19)13(12)9-3-1-5-11(7-9)20-14(16,17)18/h1-7H. The summed E-state index contributed by atoms with van der Waals surface area (Å²) in [4.78, 5) is 0. The van der Waals surface area contributed by atoms with Gasteiger partial charge in [-0.15, -0.1) is 13.2 Å². The zero-order chi connectivity index (χ0) is 14.8. The molecule has 0 bridgehead atoms. The molecule has 0 radical (unpaired) electrons. The first-order chi connectivity index (χ1) is 9.40. The molecule has 102 valence electrons. The molecule has 2 nitrogen and oxygen atoms in total. The Bertz CT molecular complexity index is 677. The molecule has 6 heteroatoms. The van der Waals surface area contributed by atoms with E-state index in [0.717, 1.165) is 0 Å². The van der Waals surface area contributed by atoms with Gasteiger partial charge in [-0.3, -0.25) is 0 Å². The maximum atomic E-state index is 12.2. The number of benzene rings is 2. The maximum Gasteiger partial charge on any atom is 0.573 e. The average Bonchev–Trinajstić information content (AvgIpc) is 2.36. The van der Waals surface area contributed by atoms with Crippen molar-refractivity contribution >= 4 is 11.6 Å². The lowest BCUT2D eigenvalue weighted by Crippen LogP contribution is -2.17. The molecule has 20 heavy (non-hydrogen) atoms. The summed E-state index contributed by atoms with van der Waals surface area (Å²) in [7, 11) is 0. The average molecular weight is 298 g/mol. The number of halogens is 4. The molecule has 0 aromatic heterocycles. The van der Waals surface area contributed by atoms with Crippen molar-refractivity contribution in [2.24, 2.45) is 0 Å². The Morgan fingerprint density at radius 3 is 2.45 bits per heavy atom. The fourth-order valence-electron chi connectivity index (χ4n) is 1.76. The molecule has 2 aromatic carbocycles. The quantitative estimate of drug-likeness (QED) is 0.799. The zero-order valence-corrected chi connectivity index (χ0v) is 10.7. The summed E-state index contributed by atoms with van der Waals surface area (Å²) in [5, 5.41) is 9.33. The van der Waals surface area contributed by atoms with Crippen LogP contribution in [0.15, 0.2) is 42.5 Å². The Morgan fingerprint density at radius 2 is 1.80 bits per heavy atom. The Balaban J connectivity index is 2.50. The third-order valence-corrected chi connectivity index (χ3v) is 2.81. The normalized spacial score (nSPS) is 10.9. The summed E-state index contributed by atoms with van der Waals surface area (Å²) >= 11 is 6.01. The molecule has 0 aliphatic rings. The van der Waals surface area contributed by atoms with E-state index in [1.54, 1.807) is 24.3 Å². The molecule has 0 heterocycles. The highest BCUT2D eigenvalue weighted by atomic mass is 35.5. The van der Waals surface area contributed by atoms with E-state index < -0.39 is 6.36 Å². The summed E-state index contributed by atoms with van der Waals surface area (Å²) in [6.45, 7) is 0. The smallest absolute Gasteiger partial charge is 0.406 e. The fourth-order valence-corrected chi connectivity index (χ4v) is 2.04. The largest absolute Gasteiger partial charge is 0.573 e. The van der Waals surface area contributed by atoms with Crippen LogP contribution in [0.5, 0.6) is 5.75 Å². The molecular formula is C14H7ClF3NO. The monoisotopic (exact) mass is 297 g/mol. The lowest BCUT2D eigenvalue weighted by molar-refractivity contribution is -0.274. The third-order valence-electron chi connectivity index (χ3n) is 2.49. The lowest BCUT2D eigenvalue weighted by Gasteiger charge is -2.11. The van der Waals surface area contributed by atoms with Gasteiger partial charge in [0, 0.05) is 10.6 Å². The summed E-state index contributed by atoms with van der Waals surface area (Å²) in [6, 6.07) is 12.0. The molecule has 2 rings (SSSR count). The first-order valence-corrected chi connectivity index (χ1v) is 5.83. The first kappa shape index (κ1) is 14.2. The van der Waals surface area contributed by atoms with Crippen molar-refractivity contribution in [1.82, 2.24) is 0 Å². The molecular weight excluding hydrogens is 291 g/mol. The molecule has 0 amide bonds. The van der Waals surface area contributed by atoms with Crippen molar-refractivity contribution in [2.75, 3.05) is 0 Å². The van der Waals surface area contributed by atoms with Crippen LogP contribution < -0.4 is 4.74 Å². The summed E-state index contributed by atoms with van der Waals surface area (Å²) in [5.41, 5.74) is 1.04. The van der Waals surface area contributed by atoms with Gasteiger partial charge >= 0.3 is 6.36 Å². The number of nitriles is 1. The van der Waals surface area contributed by atoms with Gasteiger partial charge in [0.05, 0.1) is 11.6 Å². The number of rotatable bonds is 2. The van der Waals surface area contributed by atoms with Crippen molar-refractivity contribution in [1.29, 1.82) is 5.26 Å². The van der Waals surface area contributed by atoms with Crippen molar-refractivity contribution in [3.05, 3.63) is 53.1 Å². The second-order valence-corrected chi connectivity index (χ2v) is 4.26. The fraction of sp³-hybridized carbons (Fsp3) is 0.0714. The third kappa shape index (κ3) is 3.22. The minimum absolute atomic E-state index is 0.279. The van der Waals surface area contributed by atoms with E-state index in [0.29, 0.717) is 11.1 Å². The van der Waals surface area contributed by atoms with E-state index in [1.165, 1.54) is 18.2 Å². The van der Waals surface area contributed by atoms with Gasteiger partial charge in [-0.05, 0) is 29.8 Å². The van der Waals surface area contributed by atoms with E-state index >= 15 is 0 Å². The molecule has 0 spiro atoms. The molecule has 0 aliphatic heterocycles. The van der Waals surface area contributed by atoms with Gasteiger partial charge in [-0.1, -0.05) is 29.8 Å². The van der Waals surface area contributed by atoms with Crippen molar-refractivity contribution < 1.29 is 17.9 Å². The molecule has 2 aromatic rings. The molecule has 0 unspecified atom stereocenters. The van der Waals surface area contributed by atoms with Gasteiger partial charge in [0.1, 0.15) is 5.75 Å². The predicted molar refractivity (Wildman–Crippen MR) is 68.3 cm³/mol. The summed E-state index contributed by atoms with van der Waals surface area (Å²) in [5.74, 6) is -0.362. The van der Waals surface area contributed by atoms with E-state index in [2.05, 4.69) is 4.74 Å². The van der Waals surface area contributed by atoms with E-state index in [1.807, 2.05) is 6.07 Å². The minimum Gasteiger partial charge on any atom is -0.406 e. The van der Waals surface area contributed by atoms with Gasteiger partial charge < -0.3 is 4.74 Å². The number of nitrogens with zero attached hydrogens (tertiary/aromatic N) is 1. The Kier molecular flexibility index (Phi) is 3.86. The Labute approximate surface area is 118 Å². The number of ether oxygens (including phenoxy) is 1. The molecule has 0 aliphatic carbocycles. The molecule has 0 fully saturated rings. The van der Waals surface area contributed by atoms with Crippen LogP contribution in [-0.4, -0.2) is 6.36 Å². The van der Waals surface area contributed by atoms with Crippen LogP contribution >= 0.6 is 11.6 Å². The molecule has 0 N–H and O–H groups in total. The van der Waals surface area contributed by atoms with Crippen LogP contribution in [0.2, 0.25) is 5.02 Å². The number of hydrogen-bond acceptors (Lipinski definition) is 2. The molecule has 0 atom stereocenters. The first-order valence-electron chi connectivity index (χ1n) is 5.45. The second kappa shape index (κ2) is 5.43. The van der Waals surface area contributed by atoms with Gasteiger partial charge in [0.2, 0.25) is 0 Å². The SMILES string of the molecule is N#Cc1cccc(Cl)c1-c1cccc(OC(F)(F)F)c1. The maximum absolute atomic E-state index is 12.2. The van der Waals surface area contributed by atoms with Crippen molar-refractivity contribution in [2.45, 2.75) is 6.36 Å². The van der Waals surface area contributed by atoms with Gasteiger partial charge in [-0.25, -0.2) is 0 Å². The number of hydrogen-bond donors (Lipinski definition) is 0. The van der Waals surface area contributed by atoms with Crippen molar-refractivity contribution in [3.8, 4) is 22.9 Å². The second-order valence-electron chi connectivity index (χ2n) is 3.85. The number of alkyl halides is 3. The summed E-state index contributed by atoms with van der Waals surface area (Å²) < 4.78 is 40.5. The highest BCUT2D eigenvalue weighted by Gasteiger charge is 2.31. The van der Waals surface area contributed by atoms with E-state index in [4.69, 9.17) is 16.9 Å². The highest BCUT2D eigenvalue weighted by molar-refractivity contribution is 6.33. The van der Waals surface area contributed by atoms with Crippen LogP contribution in [0, 0.1) is 11.3 Å². The molecule has 0 saturated heterocycles. The van der Waals surface area contributed by atoms with Crippen LogP contribution in [0.25, 0.3) is 11.1 Å². The van der Waals surface area contributed by atoms with Crippen LogP contribution in [0.1, 0.15) is 5.56 Å². The van der Waals surface area contributed by atoms with Crippen LogP contribution in [0.3, 0.4) is 0 Å². The topological polar surface area (TPSA) is 33.0 Å². The van der Waals surface area contributed by atoms with Gasteiger partial charge in [0.15, 0.2) is 0 Å². The minimum atomic E-state index is -4.77. The summed E-state index contributed by atoms with van der Waals surface area (Å²) in [6.07, 6.45) is -4.77. The zero-order valence-electron chi connectivity index (χ0n) is 9.91. The Morgan fingerprint density at radius 1 is 1.10 bits per heavy atom. The lowest BCUT2D eigenvalue weighted by atomic mass is 10.0. The van der Waals surface area contributed by atoms with E-state index in [9.17, 15) is 13.2 Å². The van der Waals surface area contributed by atoms with Gasteiger partial charge in [0.25, 0.3) is 0 Å². The Hall–Kier alpha value is -2.19. The molecule has 0 saturated carbocycles. The van der Waals surface area contributed by atoms with Crippen LogP contribution in [-0.2, 0) is 0 Å². The predicted octanol–water partition coefficient (Wildman–Crippen LogP) is 4.78.